The molecule has 24 heavy (non-hydrogen) atoms. The molecule has 0 radical (unpaired) electrons. The Kier molecular flexibility index (Phi) is 6.01. The van der Waals surface area contributed by atoms with Crippen LogP contribution in [0.5, 0.6) is 0 Å². The number of fused-ring (bicyclic) bond motifs is 1. The Balaban J connectivity index is 2.02. The van der Waals surface area contributed by atoms with Crippen LogP contribution in [-0.4, -0.2) is 40.0 Å². The lowest BCUT2D eigenvalue weighted by molar-refractivity contribution is -0.138. The van der Waals surface area contributed by atoms with Crippen LogP contribution in [0.4, 0.5) is 0 Å². The molecule has 0 fully saturated rings. The monoisotopic (exact) mass is 330 g/mol. The number of nitrogens with zero attached hydrogens (tertiary/aromatic N) is 1. The summed E-state index contributed by atoms with van der Waals surface area (Å²) in [5.41, 5.74) is 3.40. The van der Waals surface area contributed by atoms with Crippen LogP contribution in [-0.2, 0) is 16.0 Å². The summed E-state index contributed by atoms with van der Waals surface area (Å²) in [6.07, 6.45) is 3.00. The third-order valence-electron chi connectivity index (χ3n) is 4.06. The molecule has 0 aliphatic heterocycles. The van der Waals surface area contributed by atoms with Crippen molar-refractivity contribution in [3.05, 3.63) is 35.5 Å². The highest BCUT2D eigenvalue weighted by atomic mass is 16.4. The quantitative estimate of drug-likeness (QED) is 0.779. The van der Waals surface area contributed by atoms with Gasteiger partial charge in [-0.15, -0.1) is 0 Å². The lowest BCUT2D eigenvalue weighted by atomic mass is 10.1. The Hall–Kier alpha value is -2.30. The second-order valence-electron chi connectivity index (χ2n) is 6.74. The number of nitrogens with one attached hydrogen (secondary N) is 1. The zero-order valence-electron chi connectivity index (χ0n) is 14.6. The zero-order chi connectivity index (χ0) is 17.7. The first kappa shape index (κ1) is 18.0. The van der Waals surface area contributed by atoms with Crippen LogP contribution in [0.25, 0.3) is 10.9 Å². The number of benzene rings is 1. The Bertz CT molecular complexity index is 718. The Morgan fingerprint density at radius 1 is 1.25 bits per heavy atom. The molecule has 5 nitrogen and oxygen atoms in total. The summed E-state index contributed by atoms with van der Waals surface area (Å²) in [5, 5.41) is 10.0. The molecule has 0 aliphatic carbocycles. The van der Waals surface area contributed by atoms with Gasteiger partial charge in [-0.2, -0.15) is 0 Å². The van der Waals surface area contributed by atoms with Gasteiger partial charge in [0.1, 0.15) is 0 Å². The maximum absolute atomic E-state index is 12.5. The van der Waals surface area contributed by atoms with Gasteiger partial charge < -0.3 is 15.0 Å². The number of amides is 1. The van der Waals surface area contributed by atoms with Gasteiger partial charge in [-0.3, -0.25) is 9.59 Å². The van der Waals surface area contributed by atoms with Gasteiger partial charge in [-0.1, -0.05) is 25.5 Å². The van der Waals surface area contributed by atoms with Gasteiger partial charge in [0.2, 0.25) is 5.91 Å². The van der Waals surface area contributed by atoms with Crippen molar-refractivity contribution in [3.63, 3.8) is 0 Å². The van der Waals surface area contributed by atoms with Gasteiger partial charge in [0.05, 0.1) is 6.42 Å². The van der Waals surface area contributed by atoms with Gasteiger partial charge >= 0.3 is 5.97 Å². The smallest absolute Gasteiger partial charge is 0.305 e. The molecular weight excluding hydrogens is 304 g/mol. The maximum atomic E-state index is 12.5. The summed E-state index contributed by atoms with van der Waals surface area (Å²) in [4.78, 5) is 28.2. The number of aryl methyl sites for hydroxylation is 2. The van der Waals surface area contributed by atoms with Crippen LogP contribution in [0.1, 0.15) is 37.8 Å². The van der Waals surface area contributed by atoms with Crippen molar-refractivity contribution in [1.82, 2.24) is 9.88 Å². The molecule has 1 aromatic carbocycles. The second kappa shape index (κ2) is 7.99. The predicted molar refractivity (Wildman–Crippen MR) is 95.0 cm³/mol. The van der Waals surface area contributed by atoms with Crippen molar-refractivity contribution in [1.29, 1.82) is 0 Å². The largest absolute Gasteiger partial charge is 0.481 e. The molecular formula is C19H26N2O3. The van der Waals surface area contributed by atoms with E-state index >= 15 is 0 Å². The molecule has 0 saturated carbocycles. The number of aromatic nitrogens is 1. The first-order chi connectivity index (χ1) is 11.4. The minimum atomic E-state index is -0.872. The number of aromatic amines is 1. The molecule has 5 heteroatoms. The fraction of sp³-hybridized carbons (Fsp3) is 0.474. The topological polar surface area (TPSA) is 73.4 Å². The average molecular weight is 330 g/mol. The van der Waals surface area contributed by atoms with Crippen LogP contribution in [0, 0.1) is 12.8 Å². The summed E-state index contributed by atoms with van der Waals surface area (Å²) in [7, 11) is 0. The number of carboxylic acids is 1. The minimum Gasteiger partial charge on any atom is -0.481 e. The fourth-order valence-corrected chi connectivity index (χ4v) is 2.89. The van der Waals surface area contributed by atoms with E-state index < -0.39 is 5.97 Å². The van der Waals surface area contributed by atoms with Gasteiger partial charge in [-0.25, -0.2) is 0 Å². The summed E-state index contributed by atoms with van der Waals surface area (Å²) < 4.78 is 0. The van der Waals surface area contributed by atoms with E-state index in [4.69, 9.17) is 5.11 Å². The number of rotatable bonds is 8. The van der Waals surface area contributed by atoms with Crippen LogP contribution in [0.3, 0.4) is 0 Å². The average Bonchev–Trinajstić information content (AvgIpc) is 2.90. The molecule has 0 aliphatic rings. The Morgan fingerprint density at radius 2 is 2.00 bits per heavy atom. The van der Waals surface area contributed by atoms with E-state index in [0.717, 1.165) is 16.5 Å². The SMILES string of the molecule is Cc1ccc2[nH]cc(CCC(=O)N(CCC(=O)O)CC(C)C)c2c1. The minimum absolute atomic E-state index is 0.00919. The van der Waals surface area contributed by atoms with E-state index in [-0.39, 0.29) is 18.9 Å². The lowest BCUT2D eigenvalue weighted by Gasteiger charge is -2.24. The maximum Gasteiger partial charge on any atom is 0.305 e. The highest BCUT2D eigenvalue weighted by molar-refractivity contribution is 5.85. The molecule has 0 bridgehead atoms. The second-order valence-corrected chi connectivity index (χ2v) is 6.74. The van der Waals surface area contributed by atoms with Crippen molar-refractivity contribution in [2.24, 2.45) is 5.92 Å². The molecule has 130 valence electrons. The number of carbonyl (C=O) groups is 2. The molecule has 0 spiro atoms. The lowest BCUT2D eigenvalue weighted by Crippen LogP contribution is -2.36. The Labute approximate surface area is 142 Å². The number of hydrogen-bond donors (Lipinski definition) is 2. The highest BCUT2D eigenvalue weighted by Crippen LogP contribution is 2.21. The summed E-state index contributed by atoms with van der Waals surface area (Å²) in [6, 6.07) is 6.24. The van der Waals surface area contributed by atoms with Crippen molar-refractivity contribution in [3.8, 4) is 0 Å². The van der Waals surface area contributed by atoms with E-state index in [0.29, 0.717) is 25.3 Å². The van der Waals surface area contributed by atoms with Crippen molar-refractivity contribution in [2.75, 3.05) is 13.1 Å². The van der Waals surface area contributed by atoms with Gasteiger partial charge in [0.15, 0.2) is 0 Å². The first-order valence-electron chi connectivity index (χ1n) is 8.43. The number of H-pyrrole nitrogens is 1. The number of carboxylic acid groups (broad SMARTS) is 1. The van der Waals surface area contributed by atoms with Gasteiger partial charge in [0.25, 0.3) is 0 Å². The number of carbonyl (C=O) groups excluding carboxylic acids is 1. The molecule has 0 saturated heterocycles. The molecule has 1 amide bonds. The summed E-state index contributed by atoms with van der Waals surface area (Å²) in [6.45, 7) is 6.99. The molecule has 2 N–H and O–H groups in total. The molecule has 1 heterocycles. The van der Waals surface area contributed by atoms with E-state index in [2.05, 4.69) is 24.0 Å². The van der Waals surface area contributed by atoms with Crippen LogP contribution in [0.15, 0.2) is 24.4 Å². The molecule has 1 aromatic heterocycles. The molecule has 2 aromatic rings. The van der Waals surface area contributed by atoms with Gasteiger partial charge in [-0.05, 0) is 37.0 Å². The molecule has 0 atom stereocenters. The van der Waals surface area contributed by atoms with E-state index in [1.165, 1.54) is 5.56 Å². The van der Waals surface area contributed by atoms with Crippen molar-refractivity contribution in [2.45, 2.75) is 40.0 Å². The van der Waals surface area contributed by atoms with Crippen LogP contribution < -0.4 is 0 Å². The summed E-state index contributed by atoms with van der Waals surface area (Å²) >= 11 is 0. The van der Waals surface area contributed by atoms with Crippen LogP contribution in [0.2, 0.25) is 0 Å². The first-order valence-corrected chi connectivity index (χ1v) is 8.43. The highest BCUT2D eigenvalue weighted by Gasteiger charge is 2.16. The van der Waals surface area contributed by atoms with E-state index in [1.54, 1.807) is 4.90 Å². The summed E-state index contributed by atoms with van der Waals surface area (Å²) in [5.74, 6) is -0.533. The Morgan fingerprint density at radius 3 is 2.67 bits per heavy atom. The van der Waals surface area contributed by atoms with Crippen molar-refractivity contribution < 1.29 is 14.7 Å². The molecule has 2 rings (SSSR count). The predicted octanol–water partition coefficient (Wildman–Crippen LogP) is 3.37. The van der Waals surface area contributed by atoms with E-state index in [1.807, 2.05) is 26.1 Å². The third-order valence-corrected chi connectivity index (χ3v) is 4.06. The fourth-order valence-electron chi connectivity index (χ4n) is 2.89. The van der Waals surface area contributed by atoms with Crippen LogP contribution >= 0.6 is 0 Å². The van der Waals surface area contributed by atoms with Gasteiger partial charge in [0, 0.05) is 36.6 Å². The third kappa shape index (κ3) is 4.85. The number of hydrogen-bond acceptors (Lipinski definition) is 2. The van der Waals surface area contributed by atoms with E-state index in [9.17, 15) is 9.59 Å². The standard InChI is InChI=1S/C19H26N2O3/c1-13(2)12-21(9-8-19(23)24)18(22)7-5-15-11-20-17-6-4-14(3)10-16(15)17/h4,6,10-11,13,20H,5,7-9,12H2,1-3H3,(H,23,24). The normalized spacial score (nSPS) is 11.2. The zero-order valence-corrected chi connectivity index (χ0v) is 14.6. The number of aliphatic carboxylic acids is 1. The molecule has 0 unspecified atom stereocenters. The van der Waals surface area contributed by atoms with Crippen molar-refractivity contribution >= 4 is 22.8 Å².